The van der Waals surface area contributed by atoms with Crippen molar-refractivity contribution in [2.45, 2.75) is 39.0 Å². The Hall–Kier alpha value is -3.61. The molecule has 1 atom stereocenters. The molecule has 33 heavy (non-hydrogen) atoms. The maximum absolute atomic E-state index is 13.6. The Bertz CT molecular complexity index is 1180. The molecule has 0 spiro atoms. The van der Waals surface area contributed by atoms with Crippen LogP contribution < -0.4 is 20.1 Å². The predicted octanol–water partition coefficient (Wildman–Crippen LogP) is 3.97. The Kier molecular flexibility index (Phi) is 5.74. The third kappa shape index (κ3) is 3.99. The summed E-state index contributed by atoms with van der Waals surface area (Å²) in [6, 6.07) is 12.2. The van der Waals surface area contributed by atoms with Crippen molar-refractivity contribution in [3.63, 3.8) is 0 Å². The Morgan fingerprint density at radius 2 is 1.79 bits per heavy atom. The van der Waals surface area contributed by atoms with Gasteiger partial charge in [-0.25, -0.2) is 0 Å². The lowest BCUT2D eigenvalue weighted by atomic mass is 9.69. The van der Waals surface area contributed by atoms with Crippen LogP contribution >= 0.6 is 0 Å². The summed E-state index contributed by atoms with van der Waals surface area (Å²) in [4.78, 5) is 40.8. The third-order valence-electron chi connectivity index (χ3n) is 6.37. The van der Waals surface area contributed by atoms with Crippen LogP contribution in [0.25, 0.3) is 0 Å². The van der Waals surface area contributed by atoms with Crippen molar-refractivity contribution >= 4 is 23.3 Å². The average Bonchev–Trinajstić information content (AvgIpc) is 2.77. The van der Waals surface area contributed by atoms with E-state index < -0.39 is 11.8 Å². The number of methoxy groups -OCH3 is 2. The molecule has 2 amide bonds. The van der Waals surface area contributed by atoms with Gasteiger partial charge in [-0.05, 0) is 30.0 Å². The van der Waals surface area contributed by atoms with Crippen LogP contribution in [-0.2, 0) is 9.59 Å². The zero-order valence-corrected chi connectivity index (χ0v) is 19.3. The molecule has 2 aromatic carbocycles. The fraction of sp³-hybridized carbons (Fsp3) is 0.346. The second-order valence-corrected chi connectivity index (χ2v) is 9.28. The highest BCUT2D eigenvalue weighted by Gasteiger charge is 2.45. The summed E-state index contributed by atoms with van der Waals surface area (Å²) in [7, 11) is 3.12. The minimum atomic E-state index is -0.624. The number of primary amides is 1. The van der Waals surface area contributed by atoms with Crippen molar-refractivity contribution in [2.75, 3.05) is 19.1 Å². The van der Waals surface area contributed by atoms with Crippen LogP contribution in [0.2, 0.25) is 0 Å². The number of allylic oxidation sites excluding steroid dienone is 2. The van der Waals surface area contributed by atoms with Crippen molar-refractivity contribution in [1.82, 2.24) is 0 Å². The summed E-state index contributed by atoms with van der Waals surface area (Å²) in [6.07, 6.45) is 0.961. The van der Waals surface area contributed by atoms with E-state index >= 15 is 0 Å². The molecular formula is C26H28N2O5. The van der Waals surface area contributed by atoms with Crippen molar-refractivity contribution < 1.29 is 23.9 Å². The smallest absolute Gasteiger partial charge is 0.250 e. The number of amides is 2. The van der Waals surface area contributed by atoms with E-state index in [-0.39, 0.29) is 29.1 Å². The zero-order chi connectivity index (χ0) is 23.9. The van der Waals surface area contributed by atoms with Crippen LogP contribution in [0.3, 0.4) is 0 Å². The number of hydrogen-bond donors (Lipinski definition) is 1. The maximum Gasteiger partial charge on any atom is 0.250 e. The summed E-state index contributed by atoms with van der Waals surface area (Å²) in [6.45, 7) is 4.02. The van der Waals surface area contributed by atoms with E-state index in [0.717, 1.165) is 5.56 Å². The normalized spacial score (nSPS) is 19.9. The van der Waals surface area contributed by atoms with E-state index in [1.807, 2.05) is 19.9 Å². The number of anilines is 1. The number of ketones is 1. The van der Waals surface area contributed by atoms with Crippen molar-refractivity contribution in [3.8, 4) is 11.5 Å². The molecule has 2 aliphatic rings. The summed E-state index contributed by atoms with van der Waals surface area (Å²) in [5.74, 6) is -0.0912. The lowest BCUT2D eigenvalue weighted by molar-refractivity contribution is -0.121. The van der Waals surface area contributed by atoms with E-state index in [2.05, 4.69) is 0 Å². The largest absolute Gasteiger partial charge is 0.497 e. The molecule has 1 aliphatic heterocycles. The van der Waals surface area contributed by atoms with Gasteiger partial charge < -0.3 is 15.2 Å². The maximum atomic E-state index is 13.6. The quantitative estimate of drug-likeness (QED) is 0.746. The van der Waals surface area contributed by atoms with Gasteiger partial charge in [0.15, 0.2) is 5.78 Å². The number of benzene rings is 2. The zero-order valence-electron chi connectivity index (χ0n) is 19.3. The first-order valence-corrected chi connectivity index (χ1v) is 10.9. The first-order valence-electron chi connectivity index (χ1n) is 10.9. The molecule has 0 aromatic heterocycles. The van der Waals surface area contributed by atoms with Gasteiger partial charge in [0.1, 0.15) is 11.5 Å². The first-order chi connectivity index (χ1) is 15.7. The topological polar surface area (TPSA) is 98.9 Å². The molecule has 0 saturated carbocycles. The molecule has 1 unspecified atom stereocenters. The number of carbonyl (C=O) groups excluding carboxylic acids is 3. The molecule has 2 aromatic rings. The molecule has 7 heteroatoms. The van der Waals surface area contributed by atoms with Crippen molar-refractivity contribution in [3.05, 3.63) is 64.9 Å². The molecule has 7 nitrogen and oxygen atoms in total. The summed E-state index contributed by atoms with van der Waals surface area (Å²) < 4.78 is 10.9. The van der Waals surface area contributed by atoms with E-state index in [0.29, 0.717) is 41.3 Å². The van der Waals surface area contributed by atoms with Gasteiger partial charge in [-0.1, -0.05) is 32.0 Å². The third-order valence-corrected chi connectivity index (χ3v) is 6.37. The highest BCUT2D eigenvalue weighted by molar-refractivity contribution is 6.11. The number of rotatable bonds is 5. The minimum absolute atomic E-state index is 0.00169. The molecular weight excluding hydrogens is 420 g/mol. The van der Waals surface area contributed by atoms with Crippen LogP contribution in [0.4, 0.5) is 5.69 Å². The lowest BCUT2D eigenvalue weighted by Crippen LogP contribution is -2.44. The van der Waals surface area contributed by atoms with Crippen LogP contribution in [0.15, 0.2) is 53.7 Å². The molecule has 0 fully saturated rings. The van der Waals surface area contributed by atoms with E-state index in [1.54, 1.807) is 50.6 Å². The molecule has 1 heterocycles. The van der Waals surface area contributed by atoms with E-state index in [1.165, 1.54) is 4.90 Å². The number of carbonyl (C=O) groups is 3. The Labute approximate surface area is 193 Å². The van der Waals surface area contributed by atoms with Gasteiger partial charge in [0, 0.05) is 41.7 Å². The van der Waals surface area contributed by atoms with Crippen LogP contribution in [0, 0.1) is 5.41 Å². The van der Waals surface area contributed by atoms with Gasteiger partial charge in [0.25, 0.3) is 5.91 Å². The fourth-order valence-electron chi connectivity index (χ4n) is 4.94. The predicted molar refractivity (Wildman–Crippen MR) is 124 cm³/mol. The molecule has 0 radical (unpaired) electrons. The molecule has 1 aliphatic carbocycles. The first kappa shape index (κ1) is 22.6. The summed E-state index contributed by atoms with van der Waals surface area (Å²) in [5.41, 5.74) is 7.92. The Morgan fingerprint density at radius 3 is 2.45 bits per heavy atom. The summed E-state index contributed by atoms with van der Waals surface area (Å²) in [5, 5.41) is 0. The van der Waals surface area contributed by atoms with Gasteiger partial charge in [0.05, 0.1) is 25.5 Å². The second-order valence-electron chi connectivity index (χ2n) is 9.28. The van der Waals surface area contributed by atoms with Crippen LogP contribution in [-0.4, -0.2) is 31.8 Å². The Morgan fingerprint density at radius 1 is 1.06 bits per heavy atom. The monoisotopic (exact) mass is 448 g/mol. The van der Waals surface area contributed by atoms with Crippen molar-refractivity contribution in [1.29, 1.82) is 0 Å². The number of nitrogens with two attached hydrogens (primary N) is 1. The highest BCUT2D eigenvalue weighted by atomic mass is 16.5. The molecule has 172 valence electrons. The minimum Gasteiger partial charge on any atom is -0.497 e. The molecule has 2 N–H and O–H groups in total. The average molecular weight is 449 g/mol. The lowest BCUT2D eigenvalue weighted by Gasteiger charge is -2.43. The van der Waals surface area contributed by atoms with Gasteiger partial charge >= 0.3 is 0 Å². The summed E-state index contributed by atoms with van der Waals surface area (Å²) >= 11 is 0. The second kappa shape index (κ2) is 8.39. The fourth-order valence-corrected chi connectivity index (χ4v) is 4.94. The SMILES string of the molecule is COc1ccc(C2CC(=O)N(c3ccccc3C(N)=O)C3=C2C(=O)CC(C)(C)C3)c(OC)c1. The molecule has 4 rings (SSSR count). The van der Waals surface area contributed by atoms with Crippen LogP contribution in [0.1, 0.15) is 54.9 Å². The van der Waals surface area contributed by atoms with Crippen LogP contribution in [0.5, 0.6) is 11.5 Å². The number of Topliss-reactive ketones (excluding diaryl/α,β-unsaturated/α-hetero) is 1. The molecule has 0 bridgehead atoms. The van der Waals surface area contributed by atoms with Crippen molar-refractivity contribution in [2.24, 2.45) is 11.1 Å². The highest BCUT2D eigenvalue weighted by Crippen LogP contribution is 2.50. The van der Waals surface area contributed by atoms with Gasteiger partial charge in [-0.3, -0.25) is 19.3 Å². The number of para-hydroxylation sites is 1. The van der Waals surface area contributed by atoms with Gasteiger partial charge in [-0.2, -0.15) is 0 Å². The van der Waals surface area contributed by atoms with Gasteiger partial charge in [0.2, 0.25) is 5.91 Å². The standard InChI is InChI=1S/C26H28N2O5/c1-26(2)13-20-24(21(29)14-26)18(16-10-9-15(32-3)11-22(16)33-4)12-23(30)28(20)19-8-6-5-7-17(19)25(27)31/h5-11,18H,12-14H2,1-4H3,(H2,27,31). The Balaban J connectivity index is 1.95. The molecule has 0 saturated heterocycles. The number of nitrogens with zero attached hydrogens (tertiary/aromatic N) is 1. The number of ether oxygens (including phenoxy) is 2. The van der Waals surface area contributed by atoms with Gasteiger partial charge in [-0.15, -0.1) is 0 Å². The van der Waals surface area contributed by atoms with E-state index in [9.17, 15) is 14.4 Å². The number of hydrogen-bond acceptors (Lipinski definition) is 5. The van der Waals surface area contributed by atoms with E-state index in [4.69, 9.17) is 15.2 Å².